The molecule has 5 heteroatoms. The van der Waals surface area contributed by atoms with Crippen molar-refractivity contribution in [3.8, 4) is 0 Å². The number of hydrogen-bond acceptors (Lipinski definition) is 3. The van der Waals surface area contributed by atoms with Gasteiger partial charge in [0.2, 0.25) is 10.0 Å². The monoisotopic (exact) mass is 192 g/mol. The summed E-state index contributed by atoms with van der Waals surface area (Å²) in [5.41, 5.74) is 0. The second-order valence-electron chi connectivity index (χ2n) is 3.44. The van der Waals surface area contributed by atoms with Gasteiger partial charge in [0.05, 0.1) is 0 Å². The van der Waals surface area contributed by atoms with E-state index in [2.05, 4.69) is 5.32 Å². The number of rotatable bonds is 3. The Hall–Kier alpha value is -0.130. The summed E-state index contributed by atoms with van der Waals surface area (Å²) in [5, 5.41) is 2.75. The van der Waals surface area contributed by atoms with Gasteiger partial charge in [-0.15, -0.1) is 0 Å². The highest BCUT2D eigenvalue weighted by molar-refractivity contribution is 7.89. The molecule has 1 rings (SSSR count). The Kier molecular flexibility index (Phi) is 2.75. The molecule has 12 heavy (non-hydrogen) atoms. The zero-order valence-corrected chi connectivity index (χ0v) is 8.56. The lowest BCUT2D eigenvalue weighted by atomic mass is 10.3. The van der Waals surface area contributed by atoms with Gasteiger partial charge in [-0.3, -0.25) is 0 Å². The second-order valence-corrected chi connectivity index (χ2v) is 5.71. The third-order valence-corrected chi connectivity index (χ3v) is 4.69. The zero-order chi connectivity index (χ0) is 9.35. The van der Waals surface area contributed by atoms with Crippen LogP contribution in [0.3, 0.4) is 0 Å². The predicted octanol–water partition coefficient (Wildman–Crippen LogP) is -0.372. The van der Waals surface area contributed by atoms with Gasteiger partial charge in [0.25, 0.3) is 0 Å². The van der Waals surface area contributed by atoms with Crippen LogP contribution in [0.5, 0.6) is 0 Å². The Balaban J connectivity index is 2.70. The summed E-state index contributed by atoms with van der Waals surface area (Å²) in [5.74, 6) is 0. The summed E-state index contributed by atoms with van der Waals surface area (Å²) in [4.78, 5) is 0. The molecule has 72 valence electrons. The molecule has 1 aliphatic heterocycles. The van der Waals surface area contributed by atoms with Crippen molar-refractivity contribution in [3.05, 3.63) is 0 Å². The molecule has 0 atom stereocenters. The molecule has 4 nitrogen and oxygen atoms in total. The van der Waals surface area contributed by atoms with Gasteiger partial charge in [-0.05, 0) is 13.8 Å². The van der Waals surface area contributed by atoms with E-state index in [1.54, 1.807) is 7.05 Å². The Morgan fingerprint density at radius 3 is 2.17 bits per heavy atom. The van der Waals surface area contributed by atoms with Gasteiger partial charge in [0, 0.05) is 26.2 Å². The quantitative estimate of drug-likeness (QED) is 0.663. The molecule has 1 aliphatic rings. The van der Waals surface area contributed by atoms with E-state index in [0.717, 1.165) is 0 Å². The van der Waals surface area contributed by atoms with Crippen molar-refractivity contribution in [1.82, 2.24) is 9.62 Å². The first-order valence-electron chi connectivity index (χ1n) is 4.14. The standard InChI is InChI=1S/C7H16N2O2S/c1-6(2)9(3)12(10,11)7-4-8-5-7/h6-8H,4-5H2,1-3H3. The summed E-state index contributed by atoms with van der Waals surface area (Å²) in [6, 6.07) is 0.0515. The van der Waals surface area contributed by atoms with Gasteiger partial charge in [0.1, 0.15) is 5.25 Å². The van der Waals surface area contributed by atoms with Crippen molar-refractivity contribution >= 4 is 10.0 Å². The molecule has 0 amide bonds. The number of nitrogens with zero attached hydrogens (tertiary/aromatic N) is 1. The fourth-order valence-corrected chi connectivity index (χ4v) is 2.72. The zero-order valence-electron chi connectivity index (χ0n) is 7.74. The Morgan fingerprint density at radius 1 is 1.42 bits per heavy atom. The highest BCUT2D eigenvalue weighted by atomic mass is 32.2. The second kappa shape index (κ2) is 3.32. The normalized spacial score (nSPS) is 20.1. The van der Waals surface area contributed by atoms with E-state index in [4.69, 9.17) is 0 Å². The van der Waals surface area contributed by atoms with Crippen LogP contribution in [0, 0.1) is 0 Å². The topological polar surface area (TPSA) is 49.4 Å². The van der Waals surface area contributed by atoms with Crippen LogP contribution in [0.15, 0.2) is 0 Å². The molecule has 1 N–H and O–H groups in total. The molecule has 0 aliphatic carbocycles. The summed E-state index contributed by atoms with van der Waals surface area (Å²) < 4.78 is 24.7. The van der Waals surface area contributed by atoms with Crippen LogP contribution in [0.1, 0.15) is 13.8 Å². The van der Waals surface area contributed by atoms with Crippen molar-refractivity contribution in [2.24, 2.45) is 0 Å². The third-order valence-electron chi connectivity index (χ3n) is 2.29. The first kappa shape index (κ1) is 9.95. The van der Waals surface area contributed by atoms with Gasteiger partial charge >= 0.3 is 0 Å². The van der Waals surface area contributed by atoms with Gasteiger partial charge in [-0.1, -0.05) is 0 Å². The molecule has 0 spiro atoms. The van der Waals surface area contributed by atoms with Crippen LogP contribution in [-0.2, 0) is 10.0 Å². The van der Waals surface area contributed by atoms with E-state index < -0.39 is 10.0 Å². The highest BCUT2D eigenvalue weighted by Crippen LogP contribution is 2.13. The molecule has 0 unspecified atom stereocenters. The Bertz CT molecular complexity index is 244. The van der Waals surface area contributed by atoms with Gasteiger partial charge in [-0.2, -0.15) is 0 Å². The van der Waals surface area contributed by atoms with Crippen molar-refractivity contribution < 1.29 is 8.42 Å². The maximum atomic E-state index is 11.6. The minimum absolute atomic E-state index is 0.0515. The van der Waals surface area contributed by atoms with Crippen LogP contribution in [0.25, 0.3) is 0 Å². The predicted molar refractivity (Wildman–Crippen MR) is 48.5 cm³/mol. The smallest absolute Gasteiger partial charge is 0.219 e. The van der Waals surface area contributed by atoms with Gasteiger partial charge in [0.15, 0.2) is 0 Å². The maximum absolute atomic E-state index is 11.6. The molecule has 1 fully saturated rings. The van der Waals surface area contributed by atoms with Crippen LogP contribution in [0.2, 0.25) is 0 Å². The fraction of sp³-hybridized carbons (Fsp3) is 1.00. The molecule has 0 aromatic rings. The lowest BCUT2D eigenvalue weighted by Gasteiger charge is -2.32. The number of hydrogen-bond donors (Lipinski definition) is 1. The SMILES string of the molecule is CC(C)N(C)S(=O)(=O)C1CNC1. The van der Waals surface area contributed by atoms with E-state index >= 15 is 0 Å². The molecule has 0 aromatic carbocycles. The fourth-order valence-electron chi connectivity index (χ4n) is 1.00. The minimum Gasteiger partial charge on any atom is -0.314 e. The van der Waals surface area contributed by atoms with Crippen LogP contribution >= 0.6 is 0 Å². The first-order valence-corrected chi connectivity index (χ1v) is 5.64. The number of nitrogens with one attached hydrogen (secondary N) is 1. The lowest BCUT2D eigenvalue weighted by molar-refractivity contribution is 0.385. The summed E-state index contributed by atoms with van der Waals surface area (Å²) in [6.07, 6.45) is 0. The van der Waals surface area contributed by atoms with Crippen LogP contribution in [0.4, 0.5) is 0 Å². The summed E-state index contributed by atoms with van der Waals surface area (Å²) >= 11 is 0. The molecular weight excluding hydrogens is 176 g/mol. The molecular formula is C7H16N2O2S. The highest BCUT2D eigenvalue weighted by Gasteiger charge is 2.35. The molecule has 0 radical (unpaired) electrons. The van der Waals surface area contributed by atoms with E-state index in [0.29, 0.717) is 13.1 Å². The van der Waals surface area contributed by atoms with Crippen molar-refractivity contribution in [2.75, 3.05) is 20.1 Å². The van der Waals surface area contributed by atoms with Crippen molar-refractivity contribution in [3.63, 3.8) is 0 Å². The first-order chi connectivity index (χ1) is 5.46. The summed E-state index contributed by atoms with van der Waals surface area (Å²) in [6.45, 7) is 4.95. The Morgan fingerprint density at radius 2 is 1.92 bits per heavy atom. The third kappa shape index (κ3) is 1.62. The molecule has 1 saturated heterocycles. The average Bonchev–Trinajstić information content (AvgIpc) is 1.80. The molecule has 0 saturated carbocycles. The Labute approximate surface area is 74.0 Å². The van der Waals surface area contributed by atoms with E-state index in [9.17, 15) is 8.42 Å². The van der Waals surface area contributed by atoms with Crippen molar-refractivity contribution in [1.29, 1.82) is 0 Å². The molecule has 0 aromatic heterocycles. The van der Waals surface area contributed by atoms with E-state index in [-0.39, 0.29) is 11.3 Å². The summed E-state index contributed by atoms with van der Waals surface area (Å²) in [7, 11) is -1.39. The van der Waals surface area contributed by atoms with Crippen LogP contribution < -0.4 is 5.32 Å². The largest absolute Gasteiger partial charge is 0.314 e. The molecule has 0 bridgehead atoms. The van der Waals surface area contributed by atoms with E-state index in [1.807, 2.05) is 13.8 Å². The minimum atomic E-state index is -3.03. The van der Waals surface area contributed by atoms with Crippen molar-refractivity contribution in [2.45, 2.75) is 25.1 Å². The lowest BCUT2D eigenvalue weighted by Crippen LogP contribution is -2.56. The van der Waals surface area contributed by atoms with Crippen LogP contribution in [-0.4, -0.2) is 44.2 Å². The number of sulfonamides is 1. The van der Waals surface area contributed by atoms with Gasteiger partial charge in [-0.25, -0.2) is 12.7 Å². The van der Waals surface area contributed by atoms with Gasteiger partial charge < -0.3 is 5.32 Å². The van der Waals surface area contributed by atoms with E-state index in [1.165, 1.54) is 4.31 Å². The average molecular weight is 192 g/mol. The maximum Gasteiger partial charge on any atom is 0.219 e. The molecule has 1 heterocycles.